The van der Waals surface area contributed by atoms with Gasteiger partial charge in [0, 0.05) is 18.0 Å². The number of aromatic nitrogens is 4. The smallest absolute Gasteiger partial charge is 0.211 e. The average Bonchev–Trinajstić information content (AvgIpc) is 2.71. The van der Waals surface area contributed by atoms with E-state index in [-0.39, 0.29) is 0 Å². The fourth-order valence-corrected chi connectivity index (χ4v) is 1.67. The monoisotopic (exact) mass is 195 g/mol. The molecule has 0 saturated carbocycles. The number of hydrogen-bond acceptors (Lipinski definition) is 5. The molecule has 13 heavy (non-hydrogen) atoms. The Labute approximate surface area is 79.2 Å². The summed E-state index contributed by atoms with van der Waals surface area (Å²) in [6.07, 6.45) is 4.23. The third kappa shape index (κ3) is 1.58. The predicted molar refractivity (Wildman–Crippen MR) is 49.8 cm³/mol. The molecule has 0 atom stereocenters. The molecule has 0 unspecified atom stereocenters. The van der Waals surface area contributed by atoms with E-state index >= 15 is 0 Å². The van der Waals surface area contributed by atoms with Gasteiger partial charge in [-0.15, -0.1) is 16.4 Å². The Morgan fingerprint density at radius 3 is 3.15 bits per heavy atom. The van der Waals surface area contributed by atoms with E-state index in [1.807, 2.05) is 5.38 Å². The fourth-order valence-electron chi connectivity index (χ4n) is 1.06. The minimum absolute atomic E-state index is 0.596. The molecule has 68 valence electrons. The largest absolute Gasteiger partial charge is 0.330 e. The molecule has 0 aliphatic carbocycles. The second kappa shape index (κ2) is 3.63. The number of nitrogens with zero attached hydrogens (tertiary/aromatic N) is 4. The highest BCUT2D eigenvalue weighted by molar-refractivity contribution is 7.12. The van der Waals surface area contributed by atoms with Crippen molar-refractivity contribution in [2.45, 2.75) is 6.42 Å². The summed E-state index contributed by atoms with van der Waals surface area (Å²) in [7, 11) is 0. The van der Waals surface area contributed by atoms with E-state index in [1.165, 1.54) is 11.3 Å². The Hall–Kier alpha value is -1.27. The van der Waals surface area contributed by atoms with Crippen LogP contribution in [0.5, 0.6) is 0 Å². The minimum Gasteiger partial charge on any atom is -0.330 e. The molecule has 5 nitrogen and oxygen atoms in total. The number of hydrogen-bond donors (Lipinski definition) is 1. The molecule has 6 heteroatoms. The second-order valence-corrected chi connectivity index (χ2v) is 3.36. The SMILES string of the molecule is NCCc1cnnn1-c1nccs1. The standard InChI is InChI=1S/C7H9N5S/c8-2-1-6-5-10-11-12(6)7-9-3-4-13-7/h3-5H,1-2,8H2. The lowest BCUT2D eigenvalue weighted by molar-refractivity contribution is 0.750. The highest BCUT2D eigenvalue weighted by Gasteiger charge is 2.06. The van der Waals surface area contributed by atoms with E-state index in [2.05, 4.69) is 15.3 Å². The van der Waals surface area contributed by atoms with Crippen molar-refractivity contribution >= 4 is 11.3 Å². The molecule has 2 heterocycles. The maximum atomic E-state index is 5.46. The van der Waals surface area contributed by atoms with Crippen LogP contribution in [-0.4, -0.2) is 26.5 Å². The molecular formula is C7H9N5S. The molecule has 0 aliphatic rings. The van der Waals surface area contributed by atoms with Crippen molar-refractivity contribution in [3.05, 3.63) is 23.5 Å². The van der Waals surface area contributed by atoms with E-state index in [1.54, 1.807) is 17.1 Å². The summed E-state index contributed by atoms with van der Waals surface area (Å²) in [5, 5.41) is 10.5. The van der Waals surface area contributed by atoms with Crippen LogP contribution < -0.4 is 5.73 Å². The van der Waals surface area contributed by atoms with Crippen LogP contribution in [0.1, 0.15) is 5.69 Å². The van der Waals surface area contributed by atoms with Crippen LogP contribution in [0, 0.1) is 0 Å². The van der Waals surface area contributed by atoms with Crippen LogP contribution in [0.25, 0.3) is 5.13 Å². The molecule has 2 aromatic rings. The topological polar surface area (TPSA) is 69.6 Å². The van der Waals surface area contributed by atoms with E-state index in [0.29, 0.717) is 6.54 Å². The van der Waals surface area contributed by atoms with Crippen LogP contribution in [-0.2, 0) is 6.42 Å². The number of nitrogens with two attached hydrogens (primary N) is 1. The van der Waals surface area contributed by atoms with E-state index in [4.69, 9.17) is 5.73 Å². The van der Waals surface area contributed by atoms with Crippen LogP contribution in [0.15, 0.2) is 17.8 Å². The summed E-state index contributed by atoms with van der Waals surface area (Å²) in [5.41, 5.74) is 6.45. The van der Waals surface area contributed by atoms with Gasteiger partial charge in [-0.1, -0.05) is 5.21 Å². The van der Waals surface area contributed by atoms with Gasteiger partial charge in [0.25, 0.3) is 0 Å². The predicted octanol–water partition coefficient (Wildman–Crippen LogP) is 0.225. The summed E-state index contributed by atoms with van der Waals surface area (Å²) in [6.45, 7) is 0.596. The molecule has 2 aromatic heterocycles. The molecule has 0 radical (unpaired) electrons. The average molecular weight is 195 g/mol. The fraction of sp³-hybridized carbons (Fsp3) is 0.286. The highest BCUT2D eigenvalue weighted by Crippen LogP contribution is 2.11. The minimum atomic E-state index is 0.596. The van der Waals surface area contributed by atoms with Crippen molar-refractivity contribution in [1.29, 1.82) is 0 Å². The van der Waals surface area contributed by atoms with Gasteiger partial charge in [-0.05, 0) is 6.54 Å². The van der Waals surface area contributed by atoms with Gasteiger partial charge in [-0.2, -0.15) is 4.68 Å². The molecule has 0 amide bonds. The van der Waals surface area contributed by atoms with Crippen molar-refractivity contribution in [3.8, 4) is 5.13 Å². The summed E-state index contributed by atoms with van der Waals surface area (Å²) in [4.78, 5) is 4.14. The maximum absolute atomic E-state index is 5.46. The van der Waals surface area contributed by atoms with E-state index in [9.17, 15) is 0 Å². The van der Waals surface area contributed by atoms with Gasteiger partial charge in [-0.25, -0.2) is 4.98 Å². The van der Waals surface area contributed by atoms with Gasteiger partial charge in [0.2, 0.25) is 5.13 Å². The Kier molecular flexibility index (Phi) is 2.33. The number of rotatable bonds is 3. The van der Waals surface area contributed by atoms with Crippen molar-refractivity contribution < 1.29 is 0 Å². The molecule has 0 fully saturated rings. The lowest BCUT2D eigenvalue weighted by Crippen LogP contribution is -2.08. The Balaban J connectivity index is 2.35. The summed E-state index contributed by atoms with van der Waals surface area (Å²) in [6, 6.07) is 0. The first-order chi connectivity index (χ1) is 6.42. The zero-order valence-corrected chi connectivity index (χ0v) is 7.74. The van der Waals surface area contributed by atoms with E-state index < -0.39 is 0 Å². The van der Waals surface area contributed by atoms with Gasteiger partial charge in [-0.3, -0.25) is 0 Å². The molecule has 0 aromatic carbocycles. The number of thiazole rings is 1. The molecule has 0 bridgehead atoms. The van der Waals surface area contributed by atoms with Crippen LogP contribution in [0.4, 0.5) is 0 Å². The van der Waals surface area contributed by atoms with Crippen molar-refractivity contribution in [3.63, 3.8) is 0 Å². The lowest BCUT2D eigenvalue weighted by atomic mass is 10.3. The summed E-state index contributed by atoms with van der Waals surface area (Å²) >= 11 is 1.53. The summed E-state index contributed by atoms with van der Waals surface area (Å²) in [5.74, 6) is 0. The maximum Gasteiger partial charge on any atom is 0.211 e. The van der Waals surface area contributed by atoms with Gasteiger partial charge in [0.15, 0.2) is 0 Å². The molecule has 0 aliphatic heterocycles. The van der Waals surface area contributed by atoms with Crippen molar-refractivity contribution in [1.82, 2.24) is 20.0 Å². The first-order valence-electron chi connectivity index (χ1n) is 3.91. The third-order valence-corrected chi connectivity index (χ3v) is 2.37. The van der Waals surface area contributed by atoms with Crippen LogP contribution in [0.3, 0.4) is 0 Å². The van der Waals surface area contributed by atoms with Gasteiger partial charge in [0.05, 0.1) is 11.9 Å². The van der Waals surface area contributed by atoms with E-state index in [0.717, 1.165) is 17.2 Å². The second-order valence-electron chi connectivity index (χ2n) is 2.49. The molecule has 2 rings (SSSR count). The van der Waals surface area contributed by atoms with Gasteiger partial charge < -0.3 is 5.73 Å². The first kappa shape index (κ1) is 8.33. The Morgan fingerprint density at radius 2 is 2.46 bits per heavy atom. The zero-order valence-electron chi connectivity index (χ0n) is 6.92. The van der Waals surface area contributed by atoms with Gasteiger partial charge in [0.1, 0.15) is 0 Å². The molecule has 0 spiro atoms. The Bertz CT molecular complexity index is 366. The summed E-state index contributed by atoms with van der Waals surface area (Å²) < 4.78 is 1.72. The first-order valence-corrected chi connectivity index (χ1v) is 4.79. The Morgan fingerprint density at radius 1 is 1.54 bits per heavy atom. The normalized spacial score (nSPS) is 10.5. The van der Waals surface area contributed by atoms with Crippen LogP contribution >= 0.6 is 11.3 Å². The molecular weight excluding hydrogens is 186 g/mol. The quantitative estimate of drug-likeness (QED) is 0.761. The third-order valence-electron chi connectivity index (χ3n) is 1.62. The van der Waals surface area contributed by atoms with Crippen LogP contribution in [0.2, 0.25) is 0 Å². The van der Waals surface area contributed by atoms with Gasteiger partial charge >= 0.3 is 0 Å². The highest BCUT2D eigenvalue weighted by atomic mass is 32.1. The lowest BCUT2D eigenvalue weighted by Gasteiger charge is -1.99. The molecule has 0 saturated heterocycles. The zero-order chi connectivity index (χ0) is 9.10. The van der Waals surface area contributed by atoms with Crippen molar-refractivity contribution in [2.75, 3.05) is 6.54 Å². The molecule has 2 N–H and O–H groups in total. The van der Waals surface area contributed by atoms with Crippen molar-refractivity contribution in [2.24, 2.45) is 5.73 Å².